The Morgan fingerprint density at radius 2 is 1.79 bits per heavy atom. The van der Waals surface area contributed by atoms with Crippen LogP contribution in [0.15, 0.2) is 52.3 Å². The van der Waals surface area contributed by atoms with Crippen LogP contribution in [0.4, 0.5) is 5.69 Å². The van der Waals surface area contributed by atoms with Crippen molar-refractivity contribution in [1.29, 1.82) is 0 Å². The van der Waals surface area contributed by atoms with Crippen molar-refractivity contribution < 1.29 is 13.2 Å². The van der Waals surface area contributed by atoms with Gasteiger partial charge in [0.15, 0.2) is 0 Å². The van der Waals surface area contributed by atoms with Crippen LogP contribution in [-0.4, -0.2) is 27.1 Å². The molecule has 0 saturated carbocycles. The fraction of sp³-hybridized carbons (Fsp3) is 0.381. The summed E-state index contributed by atoms with van der Waals surface area (Å²) in [6.45, 7) is 6.07. The molecule has 2 N–H and O–H groups in total. The molecule has 0 aromatic heterocycles. The molecule has 0 saturated heterocycles. The third kappa shape index (κ3) is 6.36. The van der Waals surface area contributed by atoms with Crippen molar-refractivity contribution in [2.24, 2.45) is 0 Å². The van der Waals surface area contributed by atoms with Crippen LogP contribution < -0.4 is 10.0 Å². The quantitative estimate of drug-likeness (QED) is 0.466. The highest BCUT2D eigenvalue weighted by molar-refractivity contribution is 7.98. The maximum absolute atomic E-state index is 12.6. The first kappa shape index (κ1) is 22.5. The minimum Gasteiger partial charge on any atom is -0.325 e. The molecule has 0 radical (unpaired) electrons. The first-order chi connectivity index (χ1) is 13.2. The molecule has 2 aromatic carbocycles. The maximum Gasteiger partial charge on any atom is 0.240 e. The van der Waals surface area contributed by atoms with Crippen LogP contribution in [0.3, 0.4) is 0 Å². The highest BCUT2D eigenvalue weighted by atomic mass is 32.2. The van der Waals surface area contributed by atoms with Crippen LogP contribution >= 0.6 is 11.8 Å². The largest absolute Gasteiger partial charge is 0.325 e. The number of sulfonamides is 1. The van der Waals surface area contributed by atoms with E-state index in [9.17, 15) is 13.2 Å². The summed E-state index contributed by atoms with van der Waals surface area (Å²) in [5.41, 5.74) is 3.00. The number of aryl methyl sites for hydroxylation is 1. The molecule has 2 rings (SSSR count). The van der Waals surface area contributed by atoms with Crippen LogP contribution in [-0.2, 0) is 21.2 Å². The van der Waals surface area contributed by atoms with E-state index >= 15 is 0 Å². The second-order valence-electron chi connectivity index (χ2n) is 6.94. The van der Waals surface area contributed by atoms with Crippen molar-refractivity contribution in [1.82, 2.24) is 4.72 Å². The Bertz CT molecular complexity index is 908. The van der Waals surface area contributed by atoms with E-state index < -0.39 is 10.0 Å². The Morgan fingerprint density at radius 1 is 1.11 bits per heavy atom. The number of anilines is 1. The number of rotatable bonds is 9. The van der Waals surface area contributed by atoms with Crippen LogP contribution in [0.2, 0.25) is 0 Å². The predicted octanol–water partition coefficient (Wildman–Crippen LogP) is 4.40. The van der Waals surface area contributed by atoms with Crippen LogP contribution in [0.25, 0.3) is 0 Å². The lowest BCUT2D eigenvalue weighted by Gasteiger charge is -2.12. The van der Waals surface area contributed by atoms with E-state index in [1.54, 1.807) is 12.1 Å². The fourth-order valence-corrected chi connectivity index (χ4v) is 4.43. The van der Waals surface area contributed by atoms with Gasteiger partial charge in [-0.05, 0) is 54.3 Å². The zero-order chi connectivity index (χ0) is 20.7. The van der Waals surface area contributed by atoms with Crippen molar-refractivity contribution >= 4 is 33.4 Å². The topological polar surface area (TPSA) is 75.3 Å². The lowest BCUT2D eigenvalue weighted by atomic mass is 10.0. The number of hydrogen-bond acceptors (Lipinski definition) is 4. The SMILES string of the molecule is CSc1ccc(S(=O)(=O)NCCCc2ccc(C(C)C)cc2)cc1NC(C)=O. The lowest BCUT2D eigenvalue weighted by Crippen LogP contribution is -2.25. The van der Waals surface area contributed by atoms with Crippen molar-refractivity contribution in [3.8, 4) is 0 Å². The summed E-state index contributed by atoms with van der Waals surface area (Å²) in [5.74, 6) is 0.266. The summed E-state index contributed by atoms with van der Waals surface area (Å²) in [6, 6.07) is 13.2. The number of hydrogen-bond donors (Lipinski definition) is 2. The summed E-state index contributed by atoms with van der Waals surface area (Å²) < 4.78 is 27.8. The molecule has 0 unspecified atom stereocenters. The number of carbonyl (C=O) groups is 1. The fourth-order valence-electron chi connectivity index (χ4n) is 2.79. The van der Waals surface area contributed by atoms with Crippen LogP contribution in [0.1, 0.15) is 44.2 Å². The maximum atomic E-state index is 12.6. The summed E-state index contributed by atoms with van der Waals surface area (Å²) in [4.78, 5) is 12.3. The third-order valence-corrected chi connectivity index (χ3v) is 6.63. The van der Waals surface area contributed by atoms with Gasteiger partial charge in [0.05, 0.1) is 10.6 Å². The van der Waals surface area contributed by atoms with Crippen LogP contribution in [0, 0.1) is 0 Å². The molecule has 2 aromatic rings. The highest BCUT2D eigenvalue weighted by Gasteiger charge is 2.16. The van der Waals surface area contributed by atoms with E-state index in [4.69, 9.17) is 0 Å². The van der Waals surface area contributed by atoms with Gasteiger partial charge in [0.2, 0.25) is 15.9 Å². The second kappa shape index (κ2) is 10.1. The van der Waals surface area contributed by atoms with Gasteiger partial charge in [0.25, 0.3) is 0 Å². The van der Waals surface area contributed by atoms with Gasteiger partial charge in [-0.15, -0.1) is 11.8 Å². The zero-order valence-corrected chi connectivity index (χ0v) is 18.4. The van der Waals surface area contributed by atoms with Crippen molar-refractivity contribution in [3.05, 3.63) is 53.6 Å². The Labute approximate surface area is 172 Å². The number of carbonyl (C=O) groups excluding carboxylic acids is 1. The smallest absolute Gasteiger partial charge is 0.240 e. The first-order valence-electron chi connectivity index (χ1n) is 9.27. The van der Waals surface area contributed by atoms with E-state index in [1.807, 2.05) is 6.26 Å². The zero-order valence-electron chi connectivity index (χ0n) is 16.8. The second-order valence-corrected chi connectivity index (χ2v) is 9.56. The predicted molar refractivity (Wildman–Crippen MR) is 117 cm³/mol. The van der Waals surface area contributed by atoms with Crippen molar-refractivity contribution in [2.75, 3.05) is 18.1 Å². The molecule has 0 heterocycles. The molecular weight excluding hydrogens is 392 g/mol. The third-order valence-electron chi connectivity index (χ3n) is 4.37. The number of thioether (sulfide) groups is 1. The molecule has 0 aliphatic carbocycles. The van der Waals surface area contributed by atoms with Gasteiger partial charge in [0.1, 0.15) is 0 Å². The van der Waals surface area contributed by atoms with Gasteiger partial charge >= 0.3 is 0 Å². The average Bonchev–Trinajstić information content (AvgIpc) is 2.65. The van der Waals surface area contributed by atoms with E-state index in [2.05, 4.69) is 48.2 Å². The van der Waals surface area contributed by atoms with Gasteiger partial charge in [-0.3, -0.25) is 4.79 Å². The number of benzene rings is 2. The molecule has 0 bridgehead atoms. The first-order valence-corrected chi connectivity index (χ1v) is 12.0. The molecule has 28 heavy (non-hydrogen) atoms. The van der Waals surface area contributed by atoms with Crippen molar-refractivity contribution in [2.45, 2.75) is 49.3 Å². The number of amides is 1. The molecule has 5 nitrogen and oxygen atoms in total. The van der Waals surface area contributed by atoms with Gasteiger partial charge in [0, 0.05) is 18.4 Å². The van der Waals surface area contributed by atoms with Gasteiger partial charge < -0.3 is 5.32 Å². The van der Waals surface area contributed by atoms with Crippen molar-refractivity contribution in [3.63, 3.8) is 0 Å². The molecule has 0 spiro atoms. The van der Waals surface area contributed by atoms with E-state index in [0.717, 1.165) is 11.3 Å². The molecular formula is C21H28N2O3S2. The molecule has 152 valence electrons. The van der Waals surface area contributed by atoms with E-state index in [-0.39, 0.29) is 10.8 Å². The monoisotopic (exact) mass is 420 g/mol. The summed E-state index contributed by atoms with van der Waals surface area (Å²) in [7, 11) is -3.63. The van der Waals surface area contributed by atoms with E-state index in [1.165, 1.54) is 35.9 Å². The Morgan fingerprint density at radius 3 is 2.36 bits per heavy atom. The Kier molecular flexibility index (Phi) is 8.10. The minimum atomic E-state index is -3.63. The Hall–Kier alpha value is -1.83. The normalized spacial score (nSPS) is 11.6. The molecule has 1 amide bonds. The summed E-state index contributed by atoms with van der Waals surface area (Å²) in [6.07, 6.45) is 3.39. The average molecular weight is 421 g/mol. The highest BCUT2D eigenvalue weighted by Crippen LogP contribution is 2.28. The van der Waals surface area contributed by atoms with Gasteiger partial charge in [-0.25, -0.2) is 13.1 Å². The van der Waals surface area contributed by atoms with Gasteiger partial charge in [-0.2, -0.15) is 0 Å². The molecule has 0 atom stereocenters. The number of nitrogens with one attached hydrogen (secondary N) is 2. The molecule has 0 aliphatic heterocycles. The summed E-state index contributed by atoms with van der Waals surface area (Å²) >= 11 is 1.45. The molecule has 0 aliphatic rings. The molecule has 7 heteroatoms. The summed E-state index contributed by atoms with van der Waals surface area (Å²) in [5, 5.41) is 2.69. The van der Waals surface area contributed by atoms with Gasteiger partial charge in [-0.1, -0.05) is 38.1 Å². The lowest BCUT2D eigenvalue weighted by molar-refractivity contribution is -0.114. The Balaban J connectivity index is 1.97. The van der Waals surface area contributed by atoms with Crippen LogP contribution in [0.5, 0.6) is 0 Å². The minimum absolute atomic E-state index is 0.148. The standard InChI is InChI=1S/C21H28N2O3S2/c1-15(2)18-9-7-17(8-10-18)6-5-13-22-28(25,26)19-11-12-21(27-4)20(14-19)23-16(3)24/h7-12,14-15,22H,5-6,13H2,1-4H3,(H,23,24). The van der Waals surface area contributed by atoms with E-state index in [0.29, 0.717) is 24.6 Å². The molecule has 0 fully saturated rings.